The number of nitrogen functional groups attached to an aromatic ring is 1. The first-order valence-corrected chi connectivity index (χ1v) is 5.50. The number of rotatable bonds is 1. The molecule has 0 fully saturated rings. The third kappa shape index (κ3) is 1.50. The van der Waals surface area contributed by atoms with Crippen molar-refractivity contribution < 1.29 is 4.79 Å². The molecule has 0 saturated heterocycles. The van der Waals surface area contributed by atoms with Gasteiger partial charge in [0.05, 0.1) is 6.42 Å². The minimum absolute atomic E-state index is 0.0902. The van der Waals surface area contributed by atoms with Crippen LogP contribution in [0.5, 0.6) is 0 Å². The van der Waals surface area contributed by atoms with E-state index < -0.39 is 0 Å². The SMILES string of the molecule is CN1C(=O)Cc2cc(-c3nncnc3N)ccc21. The number of nitrogens with two attached hydrogens (primary N) is 1. The molecule has 2 aromatic rings. The Morgan fingerprint density at radius 3 is 3.00 bits per heavy atom. The molecule has 18 heavy (non-hydrogen) atoms. The Kier molecular flexibility index (Phi) is 2.22. The lowest BCUT2D eigenvalue weighted by Gasteiger charge is -2.10. The molecule has 0 aliphatic carbocycles. The summed E-state index contributed by atoms with van der Waals surface area (Å²) in [5.74, 6) is 0.426. The van der Waals surface area contributed by atoms with Crippen LogP contribution in [0.15, 0.2) is 24.5 Å². The maximum absolute atomic E-state index is 11.6. The Balaban J connectivity index is 2.10. The molecule has 2 heterocycles. The first-order chi connectivity index (χ1) is 8.66. The van der Waals surface area contributed by atoms with E-state index in [0.717, 1.165) is 16.8 Å². The monoisotopic (exact) mass is 241 g/mol. The van der Waals surface area contributed by atoms with Gasteiger partial charge >= 0.3 is 0 Å². The van der Waals surface area contributed by atoms with E-state index >= 15 is 0 Å². The van der Waals surface area contributed by atoms with E-state index in [1.165, 1.54) is 6.33 Å². The summed E-state index contributed by atoms with van der Waals surface area (Å²) in [7, 11) is 1.77. The first-order valence-electron chi connectivity index (χ1n) is 5.50. The lowest BCUT2D eigenvalue weighted by atomic mass is 10.1. The number of carbonyl (C=O) groups is 1. The topological polar surface area (TPSA) is 85.0 Å². The molecule has 0 atom stereocenters. The molecule has 2 N–H and O–H groups in total. The fraction of sp³-hybridized carbons (Fsp3) is 0.167. The normalized spacial score (nSPS) is 13.8. The molecule has 0 radical (unpaired) electrons. The van der Waals surface area contributed by atoms with Crippen molar-refractivity contribution in [1.29, 1.82) is 0 Å². The Bertz CT molecular complexity index is 640. The number of anilines is 2. The molecule has 6 nitrogen and oxygen atoms in total. The zero-order valence-electron chi connectivity index (χ0n) is 9.79. The molecule has 1 amide bonds. The van der Waals surface area contributed by atoms with Gasteiger partial charge in [-0.05, 0) is 17.7 Å². The highest BCUT2D eigenvalue weighted by molar-refractivity contribution is 6.01. The molecule has 90 valence electrons. The van der Waals surface area contributed by atoms with Gasteiger partial charge in [0.25, 0.3) is 0 Å². The molecule has 1 aliphatic rings. The molecule has 1 aromatic heterocycles. The van der Waals surface area contributed by atoms with Gasteiger partial charge < -0.3 is 10.6 Å². The third-order valence-corrected chi connectivity index (χ3v) is 3.08. The largest absolute Gasteiger partial charge is 0.382 e. The van der Waals surface area contributed by atoms with E-state index in [1.54, 1.807) is 11.9 Å². The van der Waals surface area contributed by atoms with Crippen molar-refractivity contribution in [2.45, 2.75) is 6.42 Å². The predicted molar refractivity (Wildman–Crippen MR) is 66.8 cm³/mol. The van der Waals surface area contributed by atoms with Crippen LogP contribution in [0.2, 0.25) is 0 Å². The van der Waals surface area contributed by atoms with Crippen molar-refractivity contribution in [1.82, 2.24) is 15.2 Å². The Labute approximate surface area is 103 Å². The number of carbonyl (C=O) groups excluding carboxylic acids is 1. The van der Waals surface area contributed by atoms with E-state index in [2.05, 4.69) is 15.2 Å². The van der Waals surface area contributed by atoms with Crippen LogP contribution >= 0.6 is 0 Å². The summed E-state index contributed by atoms with van der Waals surface area (Å²) in [6, 6.07) is 5.68. The molecule has 0 bridgehead atoms. The van der Waals surface area contributed by atoms with E-state index in [1.807, 2.05) is 18.2 Å². The lowest BCUT2D eigenvalue weighted by Crippen LogP contribution is -2.20. The highest BCUT2D eigenvalue weighted by Crippen LogP contribution is 2.32. The standard InChI is InChI=1S/C12H11N5O/c1-17-9-3-2-7(4-8(9)5-10(17)18)11-12(13)14-6-15-16-11/h2-4,6H,5H2,1H3,(H2,13,14,15). The first kappa shape index (κ1) is 10.6. The van der Waals surface area contributed by atoms with Crippen LogP contribution in [-0.4, -0.2) is 28.1 Å². The van der Waals surface area contributed by atoms with Crippen molar-refractivity contribution in [3.05, 3.63) is 30.1 Å². The lowest BCUT2D eigenvalue weighted by molar-refractivity contribution is -0.117. The quantitative estimate of drug-likeness (QED) is 0.791. The number of likely N-dealkylation sites (N-methyl/N-ethyl adjacent to an activating group) is 1. The highest BCUT2D eigenvalue weighted by Gasteiger charge is 2.24. The van der Waals surface area contributed by atoms with E-state index in [9.17, 15) is 4.79 Å². The van der Waals surface area contributed by atoms with Crippen LogP contribution in [-0.2, 0) is 11.2 Å². The average Bonchev–Trinajstić information content (AvgIpc) is 2.65. The van der Waals surface area contributed by atoms with Gasteiger partial charge in [0.1, 0.15) is 12.0 Å². The number of fused-ring (bicyclic) bond motifs is 1. The second-order valence-corrected chi connectivity index (χ2v) is 4.17. The van der Waals surface area contributed by atoms with Gasteiger partial charge in [-0.15, -0.1) is 10.2 Å². The number of nitrogens with zero attached hydrogens (tertiary/aromatic N) is 4. The number of aromatic nitrogens is 3. The number of hydrogen-bond acceptors (Lipinski definition) is 5. The average molecular weight is 241 g/mol. The molecular weight excluding hydrogens is 230 g/mol. The van der Waals surface area contributed by atoms with Gasteiger partial charge in [-0.1, -0.05) is 6.07 Å². The predicted octanol–water partition coefficient (Wildman–Crippen LogP) is 0.640. The number of benzene rings is 1. The van der Waals surface area contributed by atoms with Crippen LogP contribution in [0.1, 0.15) is 5.56 Å². The van der Waals surface area contributed by atoms with Crippen LogP contribution in [0.3, 0.4) is 0 Å². The summed E-state index contributed by atoms with van der Waals surface area (Å²) in [6.45, 7) is 0. The highest BCUT2D eigenvalue weighted by atomic mass is 16.2. The fourth-order valence-corrected chi connectivity index (χ4v) is 2.11. The van der Waals surface area contributed by atoms with Crippen molar-refractivity contribution >= 4 is 17.4 Å². The number of hydrogen-bond donors (Lipinski definition) is 1. The molecule has 1 aliphatic heterocycles. The van der Waals surface area contributed by atoms with Gasteiger partial charge in [-0.25, -0.2) is 4.98 Å². The maximum atomic E-state index is 11.6. The van der Waals surface area contributed by atoms with Gasteiger partial charge in [-0.2, -0.15) is 0 Å². The van der Waals surface area contributed by atoms with E-state index in [4.69, 9.17) is 5.73 Å². The van der Waals surface area contributed by atoms with E-state index in [-0.39, 0.29) is 5.91 Å². The summed E-state index contributed by atoms with van der Waals surface area (Å²) in [5.41, 5.74) is 9.04. The second kappa shape index (κ2) is 3.76. The second-order valence-electron chi connectivity index (χ2n) is 4.17. The number of amides is 1. The summed E-state index contributed by atoms with van der Waals surface area (Å²) in [4.78, 5) is 17.2. The zero-order valence-corrected chi connectivity index (χ0v) is 9.79. The van der Waals surface area contributed by atoms with Gasteiger partial charge in [0.15, 0.2) is 5.82 Å². The van der Waals surface area contributed by atoms with Crippen molar-refractivity contribution in [3.63, 3.8) is 0 Å². The summed E-state index contributed by atoms with van der Waals surface area (Å²) in [6.07, 6.45) is 1.72. The van der Waals surface area contributed by atoms with Crippen LogP contribution in [0, 0.1) is 0 Å². The molecule has 0 spiro atoms. The molecule has 1 aromatic carbocycles. The maximum Gasteiger partial charge on any atom is 0.231 e. The smallest absolute Gasteiger partial charge is 0.231 e. The molecule has 0 saturated carbocycles. The van der Waals surface area contributed by atoms with Crippen molar-refractivity contribution in [3.8, 4) is 11.3 Å². The van der Waals surface area contributed by atoms with Crippen LogP contribution in [0.4, 0.5) is 11.5 Å². The van der Waals surface area contributed by atoms with Crippen molar-refractivity contribution in [2.75, 3.05) is 17.7 Å². The molecule has 3 rings (SSSR count). The van der Waals surface area contributed by atoms with Crippen LogP contribution < -0.4 is 10.6 Å². The summed E-state index contributed by atoms with van der Waals surface area (Å²) in [5, 5.41) is 7.70. The summed E-state index contributed by atoms with van der Waals surface area (Å²) < 4.78 is 0. The fourth-order valence-electron chi connectivity index (χ4n) is 2.11. The Morgan fingerprint density at radius 2 is 2.22 bits per heavy atom. The molecular formula is C12H11N5O. The summed E-state index contributed by atoms with van der Waals surface area (Å²) >= 11 is 0. The minimum Gasteiger partial charge on any atom is -0.382 e. The minimum atomic E-state index is 0.0902. The Hall–Kier alpha value is -2.50. The van der Waals surface area contributed by atoms with Gasteiger partial charge in [0.2, 0.25) is 5.91 Å². The van der Waals surface area contributed by atoms with E-state index in [0.29, 0.717) is 17.9 Å². The molecule has 0 unspecified atom stereocenters. The van der Waals surface area contributed by atoms with Gasteiger partial charge in [0, 0.05) is 18.3 Å². The van der Waals surface area contributed by atoms with Gasteiger partial charge in [-0.3, -0.25) is 4.79 Å². The van der Waals surface area contributed by atoms with Crippen LogP contribution in [0.25, 0.3) is 11.3 Å². The molecule has 6 heteroatoms. The Morgan fingerprint density at radius 1 is 1.39 bits per heavy atom. The third-order valence-electron chi connectivity index (χ3n) is 3.08. The zero-order chi connectivity index (χ0) is 12.7. The van der Waals surface area contributed by atoms with Crippen molar-refractivity contribution in [2.24, 2.45) is 0 Å².